The minimum Gasteiger partial charge on any atom is -0.273 e. The first kappa shape index (κ1) is 12.5. The van der Waals surface area contributed by atoms with Gasteiger partial charge in [0.1, 0.15) is 0 Å². The molecule has 0 amide bonds. The van der Waals surface area contributed by atoms with Crippen molar-refractivity contribution in [1.29, 1.82) is 0 Å². The molecule has 2 rings (SSSR count). The maximum absolute atomic E-state index is 5.75. The molecule has 4 heteroatoms. The summed E-state index contributed by atoms with van der Waals surface area (Å²) in [5.74, 6) is 1.65. The van der Waals surface area contributed by atoms with E-state index in [0.717, 1.165) is 12.2 Å². The highest BCUT2D eigenvalue weighted by atomic mass is 35.5. The van der Waals surface area contributed by atoms with E-state index in [2.05, 4.69) is 35.4 Å². The lowest BCUT2D eigenvalue weighted by molar-refractivity contribution is 0.720. The lowest BCUT2D eigenvalue weighted by Crippen LogP contribution is -1.99. The summed E-state index contributed by atoms with van der Waals surface area (Å²) in [6, 6.07) is 10.5. The second-order valence-electron chi connectivity index (χ2n) is 3.82. The number of hydrogen-bond acceptors (Lipinski definition) is 2. The summed E-state index contributed by atoms with van der Waals surface area (Å²) < 4.78 is 1.93. The van der Waals surface area contributed by atoms with Crippen molar-refractivity contribution in [2.24, 2.45) is 7.05 Å². The third-order valence-corrected chi connectivity index (χ3v) is 3.95. The van der Waals surface area contributed by atoms with E-state index in [4.69, 9.17) is 11.6 Å². The predicted octanol–water partition coefficient (Wildman–Crippen LogP) is 3.49. The van der Waals surface area contributed by atoms with Crippen molar-refractivity contribution in [3.05, 3.63) is 47.8 Å². The van der Waals surface area contributed by atoms with Gasteiger partial charge in [0.15, 0.2) is 0 Å². The highest BCUT2D eigenvalue weighted by Gasteiger charge is 1.99. The van der Waals surface area contributed by atoms with Crippen molar-refractivity contribution >= 4 is 23.4 Å². The summed E-state index contributed by atoms with van der Waals surface area (Å²) in [6.07, 6.45) is 2.88. The van der Waals surface area contributed by atoms with Gasteiger partial charge in [-0.3, -0.25) is 4.68 Å². The number of benzene rings is 1. The molecule has 1 aromatic heterocycles. The van der Waals surface area contributed by atoms with Crippen LogP contribution in [0.15, 0.2) is 41.4 Å². The van der Waals surface area contributed by atoms with Gasteiger partial charge < -0.3 is 0 Å². The van der Waals surface area contributed by atoms with Crippen molar-refractivity contribution < 1.29 is 0 Å². The van der Waals surface area contributed by atoms with Crippen molar-refractivity contribution in [2.75, 3.05) is 5.75 Å². The molecule has 0 aliphatic rings. The van der Waals surface area contributed by atoms with E-state index >= 15 is 0 Å². The second-order valence-corrected chi connectivity index (χ2v) is 5.26. The molecule has 1 aromatic carbocycles. The first-order chi connectivity index (χ1) is 8.29. The molecule has 0 bridgehead atoms. The molecule has 0 aliphatic heterocycles. The third-order valence-electron chi connectivity index (χ3n) is 2.63. The van der Waals surface area contributed by atoms with Crippen LogP contribution in [-0.4, -0.2) is 15.5 Å². The molecule has 0 radical (unpaired) electrons. The first-order valence-corrected chi connectivity index (χ1v) is 7.06. The summed E-state index contributed by atoms with van der Waals surface area (Å²) in [5, 5.41) is 4.16. The molecule has 0 saturated heterocycles. The molecule has 1 heterocycles. The topological polar surface area (TPSA) is 17.8 Å². The molecule has 0 aliphatic carbocycles. The fourth-order valence-corrected chi connectivity index (χ4v) is 2.65. The van der Waals surface area contributed by atoms with Gasteiger partial charge >= 0.3 is 0 Å². The van der Waals surface area contributed by atoms with Crippen LogP contribution in [0, 0.1) is 0 Å². The molecule has 0 atom stereocenters. The minimum atomic E-state index is 0.583. The normalized spacial score (nSPS) is 10.7. The average Bonchev–Trinajstić information content (AvgIpc) is 2.76. The maximum atomic E-state index is 5.75. The number of thioether (sulfide) groups is 1. The fraction of sp³-hybridized carbons (Fsp3) is 0.308. The standard InChI is InChI=1S/C13H15ClN2S/c1-16-12(6-8-15-16)7-9-17-13-4-2-11(10-14)3-5-13/h2-6,8H,7,9-10H2,1H3. The summed E-state index contributed by atoms with van der Waals surface area (Å²) in [5.41, 5.74) is 2.44. The van der Waals surface area contributed by atoms with Gasteiger partial charge in [-0.2, -0.15) is 5.10 Å². The van der Waals surface area contributed by atoms with Crippen molar-refractivity contribution in [1.82, 2.24) is 9.78 Å². The van der Waals surface area contributed by atoms with Gasteiger partial charge in [-0.25, -0.2) is 0 Å². The van der Waals surface area contributed by atoms with Gasteiger partial charge in [-0.1, -0.05) is 12.1 Å². The van der Waals surface area contributed by atoms with Crippen molar-refractivity contribution in [2.45, 2.75) is 17.2 Å². The SMILES string of the molecule is Cn1nccc1CCSc1ccc(CCl)cc1. The van der Waals surface area contributed by atoms with E-state index in [0.29, 0.717) is 5.88 Å². The largest absolute Gasteiger partial charge is 0.273 e. The molecule has 17 heavy (non-hydrogen) atoms. The molecule has 2 aromatic rings. The Kier molecular flexibility index (Phi) is 4.51. The number of aryl methyl sites for hydroxylation is 2. The summed E-state index contributed by atoms with van der Waals surface area (Å²) in [6.45, 7) is 0. The lowest BCUT2D eigenvalue weighted by atomic mass is 10.2. The van der Waals surface area contributed by atoms with Gasteiger partial charge in [-0.05, 0) is 30.2 Å². The van der Waals surface area contributed by atoms with Crippen LogP contribution in [0.1, 0.15) is 11.3 Å². The monoisotopic (exact) mass is 266 g/mol. The zero-order valence-electron chi connectivity index (χ0n) is 9.77. The van der Waals surface area contributed by atoms with Gasteiger partial charge in [0, 0.05) is 35.5 Å². The minimum absolute atomic E-state index is 0.583. The van der Waals surface area contributed by atoms with Crippen LogP contribution < -0.4 is 0 Å². The van der Waals surface area contributed by atoms with Gasteiger partial charge in [-0.15, -0.1) is 23.4 Å². The molecule has 0 N–H and O–H groups in total. The molecular formula is C13H15ClN2S. The average molecular weight is 267 g/mol. The highest BCUT2D eigenvalue weighted by Crippen LogP contribution is 2.20. The first-order valence-electron chi connectivity index (χ1n) is 5.54. The Hall–Kier alpha value is -0.930. The van der Waals surface area contributed by atoms with Crippen molar-refractivity contribution in [3.63, 3.8) is 0 Å². The Morgan fingerprint density at radius 2 is 2.00 bits per heavy atom. The summed E-state index contributed by atoms with van der Waals surface area (Å²) >= 11 is 7.61. The van der Waals surface area contributed by atoms with Crippen LogP contribution in [0.25, 0.3) is 0 Å². The molecule has 90 valence electrons. The smallest absolute Gasteiger partial charge is 0.0492 e. The lowest BCUT2D eigenvalue weighted by Gasteiger charge is -2.03. The Balaban J connectivity index is 1.83. The van der Waals surface area contributed by atoms with E-state index in [1.165, 1.54) is 16.2 Å². The number of halogens is 1. The molecule has 0 saturated carbocycles. The summed E-state index contributed by atoms with van der Waals surface area (Å²) in [4.78, 5) is 1.29. The van der Waals surface area contributed by atoms with Gasteiger partial charge in [0.05, 0.1) is 0 Å². The number of alkyl halides is 1. The zero-order valence-corrected chi connectivity index (χ0v) is 11.3. The second kappa shape index (κ2) is 6.12. The number of rotatable bonds is 5. The van der Waals surface area contributed by atoms with Crippen molar-refractivity contribution in [3.8, 4) is 0 Å². The van der Waals surface area contributed by atoms with E-state index in [-0.39, 0.29) is 0 Å². The fourth-order valence-electron chi connectivity index (χ4n) is 1.59. The molecule has 0 unspecified atom stereocenters. The van der Waals surface area contributed by atoms with E-state index in [1.54, 1.807) is 0 Å². The van der Waals surface area contributed by atoms with Gasteiger partial charge in [0.25, 0.3) is 0 Å². The van der Waals surface area contributed by atoms with Gasteiger partial charge in [0.2, 0.25) is 0 Å². The Morgan fingerprint density at radius 3 is 2.59 bits per heavy atom. The number of aromatic nitrogens is 2. The number of hydrogen-bond donors (Lipinski definition) is 0. The summed E-state index contributed by atoms with van der Waals surface area (Å²) in [7, 11) is 1.98. The predicted molar refractivity (Wildman–Crippen MR) is 73.6 cm³/mol. The van der Waals surface area contributed by atoms with E-state index in [9.17, 15) is 0 Å². The zero-order chi connectivity index (χ0) is 12.1. The quantitative estimate of drug-likeness (QED) is 0.609. The maximum Gasteiger partial charge on any atom is 0.0492 e. The Labute approximate surface area is 111 Å². The third kappa shape index (κ3) is 3.51. The molecule has 0 spiro atoms. The molecular weight excluding hydrogens is 252 g/mol. The van der Waals surface area contributed by atoms with Crippen LogP contribution >= 0.6 is 23.4 Å². The van der Waals surface area contributed by atoms with Crippen LogP contribution in [0.4, 0.5) is 0 Å². The highest BCUT2D eigenvalue weighted by molar-refractivity contribution is 7.99. The van der Waals surface area contributed by atoms with E-state index in [1.807, 2.05) is 29.7 Å². The molecule has 2 nitrogen and oxygen atoms in total. The van der Waals surface area contributed by atoms with E-state index < -0.39 is 0 Å². The van der Waals surface area contributed by atoms with Crippen LogP contribution in [0.3, 0.4) is 0 Å². The molecule has 0 fully saturated rings. The van der Waals surface area contributed by atoms with Crippen LogP contribution in [-0.2, 0) is 19.3 Å². The van der Waals surface area contributed by atoms with Crippen LogP contribution in [0.5, 0.6) is 0 Å². The van der Waals surface area contributed by atoms with Crippen LogP contribution in [0.2, 0.25) is 0 Å². The Bertz CT molecular complexity index is 465. The Morgan fingerprint density at radius 1 is 1.24 bits per heavy atom. The number of nitrogens with zero attached hydrogens (tertiary/aromatic N) is 2.